The summed E-state index contributed by atoms with van der Waals surface area (Å²) >= 11 is 0. The summed E-state index contributed by atoms with van der Waals surface area (Å²) in [6.45, 7) is 2.96. The lowest BCUT2D eigenvalue weighted by molar-refractivity contribution is -0.497. The van der Waals surface area contributed by atoms with E-state index in [9.17, 15) is 20.2 Å². The highest BCUT2D eigenvalue weighted by molar-refractivity contribution is 5.36. The predicted octanol–water partition coefficient (Wildman–Crippen LogP) is 1.86. The molecule has 1 aromatic carbocycles. The Kier molecular flexibility index (Phi) is 3.55. The monoisotopic (exact) mass is 224 g/mol. The van der Waals surface area contributed by atoms with Crippen LogP contribution in [-0.2, 0) is 13.1 Å². The van der Waals surface area contributed by atoms with Crippen molar-refractivity contribution in [1.29, 1.82) is 0 Å². The number of nitrogens with zero attached hydrogens (tertiary/aromatic N) is 2. The molecule has 0 aromatic heterocycles. The third kappa shape index (κ3) is 3.01. The Balaban J connectivity index is 3.06. The Morgan fingerprint density at radius 1 is 0.938 bits per heavy atom. The molecular formula is C10H12N2O4. The van der Waals surface area contributed by atoms with Crippen LogP contribution in [0.15, 0.2) is 12.1 Å². The first-order valence-corrected chi connectivity index (χ1v) is 4.72. The van der Waals surface area contributed by atoms with Crippen molar-refractivity contribution in [2.45, 2.75) is 26.9 Å². The molecule has 0 aliphatic heterocycles. The van der Waals surface area contributed by atoms with Gasteiger partial charge in [-0.2, -0.15) is 0 Å². The highest BCUT2D eigenvalue weighted by Crippen LogP contribution is 2.17. The maximum absolute atomic E-state index is 10.4. The van der Waals surface area contributed by atoms with Gasteiger partial charge in [0.05, 0.1) is 0 Å². The second-order valence-electron chi connectivity index (χ2n) is 3.69. The van der Waals surface area contributed by atoms with Crippen LogP contribution in [0, 0.1) is 34.1 Å². The molecule has 0 saturated carbocycles. The summed E-state index contributed by atoms with van der Waals surface area (Å²) < 4.78 is 0. The maximum atomic E-state index is 10.4. The fraction of sp³-hybridized carbons (Fsp3) is 0.400. The zero-order chi connectivity index (χ0) is 12.3. The molecule has 0 unspecified atom stereocenters. The second kappa shape index (κ2) is 4.69. The molecular weight excluding hydrogens is 212 g/mol. The molecule has 0 saturated heterocycles. The van der Waals surface area contributed by atoms with Gasteiger partial charge in [0.1, 0.15) is 0 Å². The largest absolute Gasteiger partial charge is 0.264 e. The van der Waals surface area contributed by atoms with E-state index in [1.54, 1.807) is 26.0 Å². The van der Waals surface area contributed by atoms with Crippen LogP contribution in [0.1, 0.15) is 22.3 Å². The number of nitro groups is 2. The molecule has 0 aliphatic carbocycles. The van der Waals surface area contributed by atoms with Gasteiger partial charge in [0, 0.05) is 21.0 Å². The standard InChI is InChI=1S/C10H12N2O4/c1-7-3-10(6-12(15)16)8(2)4-9(7)5-11(13)14/h3-4H,5-6H2,1-2H3. The molecule has 16 heavy (non-hydrogen) atoms. The third-order valence-corrected chi connectivity index (χ3v) is 2.39. The number of aryl methyl sites for hydroxylation is 2. The number of hydrogen-bond acceptors (Lipinski definition) is 4. The fourth-order valence-corrected chi connectivity index (χ4v) is 1.55. The lowest BCUT2D eigenvalue weighted by Crippen LogP contribution is -2.05. The number of rotatable bonds is 4. The van der Waals surface area contributed by atoms with Crippen LogP contribution in [0.3, 0.4) is 0 Å². The molecule has 86 valence electrons. The molecule has 0 N–H and O–H groups in total. The van der Waals surface area contributed by atoms with E-state index in [2.05, 4.69) is 0 Å². The highest BCUT2D eigenvalue weighted by atomic mass is 16.6. The lowest BCUT2D eigenvalue weighted by Gasteiger charge is -2.06. The van der Waals surface area contributed by atoms with E-state index in [-0.39, 0.29) is 13.1 Å². The highest BCUT2D eigenvalue weighted by Gasteiger charge is 2.11. The summed E-state index contributed by atoms with van der Waals surface area (Å²) in [6, 6.07) is 3.30. The van der Waals surface area contributed by atoms with Gasteiger partial charge in [-0.05, 0) is 37.1 Å². The van der Waals surface area contributed by atoms with E-state index in [0.717, 1.165) is 11.1 Å². The van der Waals surface area contributed by atoms with Crippen LogP contribution in [0.4, 0.5) is 0 Å². The first kappa shape index (κ1) is 12.1. The van der Waals surface area contributed by atoms with Gasteiger partial charge in [0.25, 0.3) is 0 Å². The summed E-state index contributed by atoms with van der Waals surface area (Å²) in [5.74, 6) is 0. The van der Waals surface area contributed by atoms with E-state index >= 15 is 0 Å². The van der Waals surface area contributed by atoms with Crippen molar-refractivity contribution in [3.05, 3.63) is 54.6 Å². The second-order valence-corrected chi connectivity index (χ2v) is 3.69. The van der Waals surface area contributed by atoms with Crippen LogP contribution in [0.2, 0.25) is 0 Å². The molecule has 6 nitrogen and oxygen atoms in total. The van der Waals surface area contributed by atoms with Gasteiger partial charge in [-0.25, -0.2) is 0 Å². The van der Waals surface area contributed by atoms with E-state index in [4.69, 9.17) is 0 Å². The summed E-state index contributed by atoms with van der Waals surface area (Å²) in [5, 5.41) is 20.8. The minimum absolute atomic E-state index is 0.245. The quantitative estimate of drug-likeness (QED) is 0.576. The number of hydrogen-bond donors (Lipinski definition) is 0. The van der Waals surface area contributed by atoms with Crippen LogP contribution in [0.25, 0.3) is 0 Å². The van der Waals surface area contributed by atoms with Crippen molar-refractivity contribution < 1.29 is 9.85 Å². The van der Waals surface area contributed by atoms with Crippen LogP contribution in [-0.4, -0.2) is 9.85 Å². The van der Waals surface area contributed by atoms with Gasteiger partial charge >= 0.3 is 0 Å². The molecule has 6 heteroatoms. The third-order valence-electron chi connectivity index (χ3n) is 2.39. The topological polar surface area (TPSA) is 86.3 Å². The van der Waals surface area contributed by atoms with Crippen molar-refractivity contribution in [3.63, 3.8) is 0 Å². The molecule has 0 amide bonds. The van der Waals surface area contributed by atoms with Crippen molar-refractivity contribution >= 4 is 0 Å². The van der Waals surface area contributed by atoms with Crippen LogP contribution >= 0.6 is 0 Å². The normalized spacial score (nSPS) is 10.1. The average Bonchev–Trinajstić information content (AvgIpc) is 2.11. The van der Waals surface area contributed by atoms with Gasteiger partial charge in [-0.3, -0.25) is 20.2 Å². The van der Waals surface area contributed by atoms with E-state index in [1.165, 1.54) is 0 Å². The molecule has 1 aromatic rings. The Labute approximate surface area is 92.2 Å². The van der Waals surface area contributed by atoms with Crippen molar-refractivity contribution in [3.8, 4) is 0 Å². The van der Waals surface area contributed by atoms with Crippen molar-refractivity contribution in [2.75, 3.05) is 0 Å². The summed E-state index contributed by atoms with van der Waals surface area (Å²) in [7, 11) is 0. The van der Waals surface area contributed by atoms with Crippen LogP contribution in [0.5, 0.6) is 0 Å². The minimum Gasteiger partial charge on any atom is -0.264 e. The van der Waals surface area contributed by atoms with Crippen molar-refractivity contribution in [2.24, 2.45) is 0 Å². The molecule has 1 rings (SSSR count). The number of benzene rings is 1. The average molecular weight is 224 g/mol. The van der Waals surface area contributed by atoms with E-state index in [0.29, 0.717) is 11.1 Å². The Hall–Kier alpha value is -1.98. The van der Waals surface area contributed by atoms with Crippen LogP contribution < -0.4 is 0 Å². The Morgan fingerprint density at radius 3 is 1.50 bits per heavy atom. The summed E-state index contributed by atoms with van der Waals surface area (Å²) in [4.78, 5) is 20.0. The summed E-state index contributed by atoms with van der Waals surface area (Å²) in [6.07, 6.45) is 0. The van der Waals surface area contributed by atoms with Gasteiger partial charge < -0.3 is 0 Å². The molecule has 0 aliphatic rings. The van der Waals surface area contributed by atoms with E-state index in [1.807, 2.05) is 0 Å². The van der Waals surface area contributed by atoms with Crippen molar-refractivity contribution in [1.82, 2.24) is 0 Å². The van der Waals surface area contributed by atoms with E-state index < -0.39 is 9.85 Å². The summed E-state index contributed by atoms with van der Waals surface area (Å²) in [5.41, 5.74) is 2.66. The lowest BCUT2D eigenvalue weighted by atomic mass is 10.00. The molecule has 0 spiro atoms. The first-order chi connectivity index (χ1) is 7.40. The van der Waals surface area contributed by atoms with Gasteiger partial charge in [-0.1, -0.05) is 0 Å². The fourth-order valence-electron chi connectivity index (χ4n) is 1.55. The molecule has 0 bridgehead atoms. The van der Waals surface area contributed by atoms with Gasteiger partial charge in [0.2, 0.25) is 13.1 Å². The first-order valence-electron chi connectivity index (χ1n) is 4.72. The predicted molar refractivity (Wildman–Crippen MR) is 57.3 cm³/mol. The van der Waals surface area contributed by atoms with Gasteiger partial charge in [0.15, 0.2) is 0 Å². The maximum Gasteiger partial charge on any atom is 0.229 e. The molecule has 0 atom stereocenters. The SMILES string of the molecule is Cc1cc(C[N+](=O)[O-])c(C)cc1C[N+](=O)[O-]. The zero-order valence-corrected chi connectivity index (χ0v) is 9.10. The zero-order valence-electron chi connectivity index (χ0n) is 9.10. The Bertz CT molecular complexity index is 401. The van der Waals surface area contributed by atoms with Gasteiger partial charge in [-0.15, -0.1) is 0 Å². The molecule has 0 heterocycles. The minimum atomic E-state index is -0.408. The Morgan fingerprint density at radius 2 is 1.25 bits per heavy atom. The smallest absolute Gasteiger partial charge is 0.229 e. The molecule has 0 fully saturated rings. The molecule has 0 radical (unpaired) electrons.